The van der Waals surface area contributed by atoms with Crippen molar-refractivity contribution in [2.24, 2.45) is 0 Å². The van der Waals surface area contributed by atoms with Gasteiger partial charge < -0.3 is 4.74 Å². The summed E-state index contributed by atoms with van der Waals surface area (Å²) in [6.45, 7) is 5.20. The van der Waals surface area contributed by atoms with Gasteiger partial charge in [0, 0.05) is 19.6 Å². The minimum absolute atomic E-state index is 0.0635. The maximum Gasteiger partial charge on any atom is 0.304 e. The topological polar surface area (TPSA) is 49.9 Å². The molecule has 3 rings (SSSR count). The van der Waals surface area contributed by atoms with Crippen LogP contribution in [0.3, 0.4) is 0 Å². The largest absolute Gasteiger partial charge is 0.373 e. The number of para-hydroxylation sites is 1. The third-order valence-corrected chi connectivity index (χ3v) is 5.72. The van der Waals surface area contributed by atoms with E-state index < -0.39 is 10.2 Å². The van der Waals surface area contributed by atoms with Gasteiger partial charge in [-0.05, 0) is 31.9 Å². The lowest BCUT2D eigenvalue weighted by atomic mass is 10.2. The number of hydrogen-bond donors (Lipinski definition) is 0. The van der Waals surface area contributed by atoms with Crippen LogP contribution in [-0.2, 0) is 21.4 Å². The average molecular weight is 296 g/mol. The van der Waals surface area contributed by atoms with Crippen molar-refractivity contribution < 1.29 is 13.2 Å². The summed E-state index contributed by atoms with van der Waals surface area (Å²) in [6, 6.07) is 7.72. The van der Waals surface area contributed by atoms with Gasteiger partial charge in [-0.25, -0.2) is 0 Å². The molecule has 1 aromatic carbocycles. The van der Waals surface area contributed by atoms with Gasteiger partial charge in [-0.15, -0.1) is 0 Å². The van der Waals surface area contributed by atoms with Crippen LogP contribution in [0.4, 0.5) is 5.69 Å². The van der Waals surface area contributed by atoms with Crippen molar-refractivity contribution in [2.45, 2.75) is 32.5 Å². The molecule has 0 radical (unpaired) electrons. The predicted octanol–water partition coefficient (Wildman–Crippen LogP) is 1.40. The number of fused-ring (bicyclic) bond motifs is 1. The lowest BCUT2D eigenvalue weighted by Crippen LogP contribution is -2.52. The molecule has 5 nitrogen and oxygen atoms in total. The Balaban J connectivity index is 1.90. The Morgan fingerprint density at radius 3 is 2.50 bits per heavy atom. The number of morpholine rings is 1. The smallest absolute Gasteiger partial charge is 0.304 e. The summed E-state index contributed by atoms with van der Waals surface area (Å²) in [5.41, 5.74) is 1.92. The van der Waals surface area contributed by atoms with Crippen molar-refractivity contribution in [3.05, 3.63) is 29.8 Å². The molecule has 2 aliphatic heterocycles. The van der Waals surface area contributed by atoms with Crippen LogP contribution in [0, 0.1) is 0 Å². The Labute approximate surface area is 120 Å². The third kappa shape index (κ3) is 2.32. The highest BCUT2D eigenvalue weighted by molar-refractivity contribution is 7.90. The summed E-state index contributed by atoms with van der Waals surface area (Å²) in [7, 11) is -3.45. The molecule has 2 heterocycles. The zero-order chi connectivity index (χ0) is 14.3. The number of benzene rings is 1. The summed E-state index contributed by atoms with van der Waals surface area (Å²) < 4.78 is 34.4. The molecule has 0 aromatic heterocycles. The highest BCUT2D eigenvalue weighted by Crippen LogP contribution is 2.31. The van der Waals surface area contributed by atoms with E-state index in [9.17, 15) is 8.42 Å². The van der Waals surface area contributed by atoms with Gasteiger partial charge in [0.25, 0.3) is 0 Å². The lowest BCUT2D eigenvalue weighted by molar-refractivity contribution is -0.0441. The van der Waals surface area contributed by atoms with E-state index >= 15 is 0 Å². The predicted molar refractivity (Wildman–Crippen MR) is 78.0 cm³/mol. The fourth-order valence-corrected chi connectivity index (χ4v) is 4.83. The Bertz CT molecular complexity index is 592. The van der Waals surface area contributed by atoms with E-state index in [-0.39, 0.29) is 12.2 Å². The summed E-state index contributed by atoms with van der Waals surface area (Å²) in [6.07, 6.45) is 0.656. The van der Waals surface area contributed by atoms with Gasteiger partial charge in [0.2, 0.25) is 0 Å². The number of rotatable bonds is 2. The van der Waals surface area contributed by atoms with Crippen molar-refractivity contribution >= 4 is 15.9 Å². The van der Waals surface area contributed by atoms with Crippen LogP contribution >= 0.6 is 0 Å². The van der Waals surface area contributed by atoms with Gasteiger partial charge in [0.1, 0.15) is 0 Å². The molecule has 0 saturated carbocycles. The zero-order valence-electron chi connectivity index (χ0n) is 11.8. The van der Waals surface area contributed by atoms with Crippen LogP contribution in [0.1, 0.15) is 19.4 Å². The Morgan fingerprint density at radius 1 is 1.15 bits per heavy atom. The van der Waals surface area contributed by atoms with Crippen molar-refractivity contribution in [1.82, 2.24) is 4.31 Å². The molecule has 0 spiro atoms. The second-order valence-corrected chi connectivity index (χ2v) is 7.39. The summed E-state index contributed by atoms with van der Waals surface area (Å²) in [5, 5.41) is 0. The van der Waals surface area contributed by atoms with Gasteiger partial charge in [0.15, 0.2) is 0 Å². The first kappa shape index (κ1) is 13.9. The molecular weight excluding hydrogens is 276 g/mol. The minimum Gasteiger partial charge on any atom is -0.373 e. The first-order valence-electron chi connectivity index (χ1n) is 6.99. The van der Waals surface area contributed by atoms with Crippen molar-refractivity contribution in [3.63, 3.8) is 0 Å². The highest BCUT2D eigenvalue weighted by Gasteiger charge is 2.37. The zero-order valence-corrected chi connectivity index (χ0v) is 12.6. The van der Waals surface area contributed by atoms with E-state index in [1.165, 1.54) is 4.31 Å². The van der Waals surface area contributed by atoms with E-state index in [2.05, 4.69) is 0 Å². The van der Waals surface area contributed by atoms with Gasteiger partial charge >= 0.3 is 10.2 Å². The highest BCUT2D eigenvalue weighted by atomic mass is 32.2. The first-order chi connectivity index (χ1) is 9.48. The molecule has 1 fully saturated rings. The van der Waals surface area contributed by atoms with Crippen molar-refractivity contribution in [3.8, 4) is 0 Å². The van der Waals surface area contributed by atoms with Crippen LogP contribution < -0.4 is 4.31 Å². The fourth-order valence-electron chi connectivity index (χ4n) is 3.01. The third-order valence-electron chi connectivity index (χ3n) is 3.84. The van der Waals surface area contributed by atoms with Gasteiger partial charge in [0.05, 0.1) is 17.9 Å². The monoisotopic (exact) mass is 296 g/mol. The van der Waals surface area contributed by atoms with Crippen LogP contribution in [-0.4, -0.2) is 44.6 Å². The molecule has 110 valence electrons. The molecule has 0 unspecified atom stereocenters. The second kappa shape index (κ2) is 5.02. The number of ether oxygens (including phenoxy) is 1. The van der Waals surface area contributed by atoms with E-state index in [0.29, 0.717) is 19.6 Å². The molecule has 20 heavy (non-hydrogen) atoms. The van der Waals surface area contributed by atoms with Crippen LogP contribution in [0.5, 0.6) is 0 Å². The number of nitrogens with zero attached hydrogens (tertiary/aromatic N) is 2. The molecule has 6 heteroatoms. The molecular formula is C14H20N2O3S. The van der Waals surface area contributed by atoms with Crippen molar-refractivity contribution in [2.75, 3.05) is 23.9 Å². The van der Waals surface area contributed by atoms with E-state index in [0.717, 1.165) is 17.7 Å². The van der Waals surface area contributed by atoms with E-state index in [4.69, 9.17) is 4.74 Å². The molecule has 0 bridgehead atoms. The fraction of sp³-hybridized carbons (Fsp3) is 0.571. The molecule has 1 saturated heterocycles. The molecule has 1 aromatic rings. The molecule has 0 amide bonds. The normalized spacial score (nSPS) is 27.6. The van der Waals surface area contributed by atoms with Gasteiger partial charge in [-0.1, -0.05) is 18.2 Å². The van der Waals surface area contributed by atoms with Crippen molar-refractivity contribution in [1.29, 1.82) is 0 Å². The first-order valence-corrected chi connectivity index (χ1v) is 8.39. The Hall–Kier alpha value is -1.11. The lowest BCUT2D eigenvalue weighted by Gasteiger charge is -2.37. The maximum atomic E-state index is 12.8. The maximum absolute atomic E-state index is 12.8. The van der Waals surface area contributed by atoms with E-state index in [1.54, 1.807) is 4.31 Å². The molecule has 0 aliphatic carbocycles. The van der Waals surface area contributed by atoms with Gasteiger partial charge in [-0.2, -0.15) is 12.7 Å². The molecule has 0 N–H and O–H groups in total. The summed E-state index contributed by atoms with van der Waals surface area (Å²) >= 11 is 0. The second-order valence-electron chi connectivity index (χ2n) is 5.53. The average Bonchev–Trinajstić information content (AvgIpc) is 2.82. The van der Waals surface area contributed by atoms with Crippen LogP contribution in [0.15, 0.2) is 24.3 Å². The number of anilines is 1. The summed E-state index contributed by atoms with van der Waals surface area (Å²) in [4.78, 5) is 0. The SMILES string of the molecule is C[C@@H]1CN(S(=O)(=O)N2CCc3ccccc32)C[C@@H](C)O1. The molecule has 2 aliphatic rings. The quantitative estimate of drug-likeness (QED) is 0.829. The standard InChI is InChI=1S/C14H20N2O3S/c1-11-9-15(10-12(2)19-11)20(17,18)16-8-7-13-5-3-4-6-14(13)16/h3-6,11-12H,7-10H2,1-2H3/t11-,12-/m1/s1. The Kier molecular flexibility index (Phi) is 3.48. The minimum atomic E-state index is -3.45. The van der Waals surface area contributed by atoms with Crippen LogP contribution in [0.2, 0.25) is 0 Å². The van der Waals surface area contributed by atoms with Crippen LogP contribution in [0.25, 0.3) is 0 Å². The summed E-state index contributed by atoms with van der Waals surface area (Å²) in [5.74, 6) is 0. The molecule has 2 atom stereocenters. The number of hydrogen-bond acceptors (Lipinski definition) is 3. The Morgan fingerprint density at radius 2 is 1.80 bits per heavy atom. The van der Waals surface area contributed by atoms with E-state index in [1.807, 2.05) is 38.1 Å². The van der Waals surface area contributed by atoms with Gasteiger partial charge in [-0.3, -0.25) is 4.31 Å².